The van der Waals surface area contributed by atoms with Gasteiger partial charge in [0.1, 0.15) is 11.3 Å². The Morgan fingerprint density at radius 2 is 1.61 bits per heavy atom. The quantitative estimate of drug-likeness (QED) is 0.563. The highest BCUT2D eigenvalue weighted by atomic mass is 16.6. The third-order valence-electron chi connectivity index (χ3n) is 4.67. The number of benzene rings is 2. The largest absolute Gasteiger partial charge is 0.481 e. The molecule has 160 valence electrons. The second-order valence-electron chi connectivity index (χ2n) is 8.20. The Morgan fingerprint density at radius 3 is 2.19 bits per heavy atom. The lowest BCUT2D eigenvalue weighted by Gasteiger charge is -2.19. The summed E-state index contributed by atoms with van der Waals surface area (Å²) in [5, 5.41) is 13.3. The fourth-order valence-electron chi connectivity index (χ4n) is 3.14. The third kappa shape index (κ3) is 5.06. The molecule has 0 aliphatic rings. The second kappa shape index (κ2) is 8.55. The first-order valence-electron chi connectivity index (χ1n) is 9.82. The number of carboxylic acids is 1. The molecule has 0 aliphatic carbocycles. The molecule has 0 bridgehead atoms. The summed E-state index contributed by atoms with van der Waals surface area (Å²) >= 11 is 0. The van der Waals surface area contributed by atoms with Crippen LogP contribution < -0.4 is 5.32 Å². The lowest BCUT2D eigenvalue weighted by Crippen LogP contribution is -2.27. The highest BCUT2D eigenvalue weighted by Gasteiger charge is 2.21. The first kappa shape index (κ1) is 22.0. The maximum Gasteiger partial charge on any atom is 0.412 e. The Labute approximate surface area is 180 Å². The van der Waals surface area contributed by atoms with Crippen LogP contribution in [0.25, 0.3) is 10.8 Å². The number of fused-ring (bicyclic) bond motifs is 1. The van der Waals surface area contributed by atoms with Crippen LogP contribution in [-0.2, 0) is 9.53 Å². The van der Waals surface area contributed by atoms with Gasteiger partial charge < -0.3 is 9.84 Å². The van der Waals surface area contributed by atoms with Gasteiger partial charge in [0.2, 0.25) is 5.78 Å². The summed E-state index contributed by atoms with van der Waals surface area (Å²) in [5.74, 6) is -2.01. The van der Waals surface area contributed by atoms with Crippen LogP contribution in [0.5, 0.6) is 0 Å². The SMILES string of the molecule is CC(C(=O)O)c1cnc(C(=O)c2ccc(NC(=O)OC(C)(C)C)cc2)c2ccccc12. The van der Waals surface area contributed by atoms with Gasteiger partial charge in [-0.1, -0.05) is 24.3 Å². The van der Waals surface area contributed by atoms with Gasteiger partial charge in [0, 0.05) is 22.8 Å². The number of rotatable bonds is 5. The monoisotopic (exact) mass is 420 g/mol. The molecule has 3 aromatic rings. The van der Waals surface area contributed by atoms with Crippen LogP contribution in [0, 0.1) is 0 Å². The van der Waals surface area contributed by atoms with Crippen molar-refractivity contribution >= 4 is 34.3 Å². The number of aromatic nitrogens is 1. The summed E-state index contributed by atoms with van der Waals surface area (Å²) in [6, 6.07) is 13.5. The van der Waals surface area contributed by atoms with Crippen LogP contribution in [0.4, 0.5) is 10.5 Å². The molecule has 0 aliphatic heterocycles. The summed E-state index contributed by atoms with van der Waals surface area (Å²) < 4.78 is 5.22. The summed E-state index contributed by atoms with van der Waals surface area (Å²) in [4.78, 5) is 40.7. The number of ketones is 1. The van der Waals surface area contributed by atoms with E-state index in [1.54, 1.807) is 76.2 Å². The van der Waals surface area contributed by atoms with Crippen LogP contribution in [-0.4, -0.2) is 33.5 Å². The van der Waals surface area contributed by atoms with Gasteiger partial charge in [0.05, 0.1) is 5.92 Å². The Morgan fingerprint density at radius 1 is 1.00 bits per heavy atom. The van der Waals surface area contributed by atoms with Crippen molar-refractivity contribution in [3.05, 3.63) is 71.5 Å². The lowest BCUT2D eigenvalue weighted by molar-refractivity contribution is -0.138. The minimum absolute atomic E-state index is 0.241. The maximum atomic E-state index is 13.1. The second-order valence-corrected chi connectivity index (χ2v) is 8.20. The van der Waals surface area contributed by atoms with Gasteiger partial charge in [-0.15, -0.1) is 0 Å². The molecule has 0 fully saturated rings. The number of nitrogens with zero attached hydrogens (tertiary/aromatic N) is 1. The molecule has 7 heteroatoms. The smallest absolute Gasteiger partial charge is 0.412 e. The van der Waals surface area contributed by atoms with E-state index >= 15 is 0 Å². The zero-order valence-corrected chi connectivity index (χ0v) is 17.8. The highest BCUT2D eigenvalue weighted by Crippen LogP contribution is 2.28. The van der Waals surface area contributed by atoms with Crippen molar-refractivity contribution in [2.45, 2.75) is 39.2 Å². The molecule has 1 heterocycles. The van der Waals surface area contributed by atoms with Crippen LogP contribution in [0.1, 0.15) is 55.2 Å². The van der Waals surface area contributed by atoms with Crippen molar-refractivity contribution in [2.75, 3.05) is 5.32 Å². The number of aliphatic carboxylic acids is 1. The molecule has 31 heavy (non-hydrogen) atoms. The molecule has 7 nitrogen and oxygen atoms in total. The van der Waals surface area contributed by atoms with Crippen LogP contribution in [0.3, 0.4) is 0 Å². The van der Waals surface area contributed by atoms with Crippen molar-refractivity contribution in [1.82, 2.24) is 4.98 Å². The van der Waals surface area contributed by atoms with Gasteiger partial charge in [-0.05, 0) is 62.9 Å². The highest BCUT2D eigenvalue weighted by molar-refractivity contribution is 6.15. The summed E-state index contributed by atoms with van der Waals surface area (Å²) in [7, 11) is 0. The number of carbonyl (C=O) groups excluding carboxylic acids is 2. The molecule has 1 aromatic heterocycles. The topological polar surface area (TPSA) is 106 Å². The minimum Gasteiger partial charge on any atom is -0.481 e. The van der Waals surface area contributed by atoms with E-state index in [1.165, 1.54) is 6.20 Å². The number of carbonyl (C=O) groups is 3. The summed E-state index contributed by atoms with van der Waals surface area (Å²) in [6.45, 7) is 6.90. The third-order valence-corrected chi connectivity index (χ3v) is 4.67. The molecule has 0 saturated heterocycles. The molecule has 1 atom stereocenters. The van der Waals surface area contributed by atoms with E-state index in [4.69, 9.17) is 4.74 Å². The molecular formula is C24H24N2O5. The van der Waals surface area contributed by atoms with Crippen molar-refractivity contribution in [1.29, 1.82) is 0 Å². The van der Waals surface area contributed by atoms with E-state index in [0.717, 1.165) is 0 Å². The van der Waals surface area contributed by atoms with Crippen molar-refractivity contribution in [3.63, 3.8) is 0 Å². The van der Waals surface area contributed by atoms with E-state index in [0.29, 0.717) is 27.6 Å². The Bertz CT molecular complexity index is 1150. The predicted octanol–water partition coefficient (Wildman–Crippen LogP) is 5.00. The normalized spacial score (nSPS) is 12.3. The van der Waals surface area contributed by atoms with E-state index < -0.39 is 23.6 Å². The molecular weight excluding hydrogens is 396 g/mol. The van der Waals surface area contributed by atoms with Gasteiger partial charge in [0.25, 0.3) is 0 Å². The number of carboxylic acid groups (broad SMARTS) is 1. The maximum absolute atomic E-state index is 13.1. The Kier molecular flexibility index (Phi) is 6.06. The predicted molar refractivity (Wildman–Crippen MR) is 118 cm³/mol. The molecule has 2 aromatic carbocycles. The van der Waals surface area contributed by atoms with Crippen LogP contribution >= 0.6 is 0 Å². The zero-order valence-electron chi connectivity index (χ0n) is 17.8. The van der Waals surface area contributed by atoms with Gasteiger partial charge in [-0.3, -0.25) is 19.9 Å². The fourth-order valence-corrected chi connectivity index (χ4v) is 3.14. The Hall–Kier alpha value is -3.74. The average Bonchev–Trinajstić information content (AvgIpc) is 2.71. The number of nitrogens with one attached hydrogen (secondary N) is 1. The van der Waals surface area contributed by atoms with E-state index in [2.05, 4.69) is 10.3 Å². The number of hydrogen-bond acceptors (Lipinski definition) is 5. The van der Waals surface area contributed by atoms with Crippen molar-refractivity contribution in [2.24, 2.45) is 0 Å². The van der Waals surface area contributed by atoms with E-state index in [1.807, 2.05) is 0 Å². The standard InChI is InChI=1S/C24H24N2O5/c1-14(22(28)29)19-13-25-20(18-8-6-5-7-17(18)19)21(27)15-9-11-16(12-10-15)26-23(30)31-24(2,3)4/h5-14H,1-4H3,(H,26,30)(H,28,29). The first-order valence-corrected chi connectivity index (χ1v) is 9.82. The van der Waals surface area contributed by atoms with E-state index in [9.17, 15) is 19.5 Å². The Balaban J connectivity index is 1.89. The van der Waals surface area contributed by atoms with Crippen molar-refractivity contribution in [3.8, 4) is 0 Å². The minimum atomic E-state index is -0.959. The van der Waals surface area contributed by atoms with Crippen molar-refractivity contribution < 1.29 is 24.2 Å². The summed E-state index contributed by atoms with van der Waals surface area (Å²) in [6.07, 6.45) is 0.870. The van der Waals surface area contributed by atoms with Gasteiger partial charge in [-0.2, -0.15) is 0 Å². The van der Waals surface area contributed by atoms with Crippen LogP contribution in [0.15, 0.2) is 54.7 Å². The first-order chi connectivity index (χ1) is 14.6. The van der Waals surface area contributed by atoms with Crippen LogP contribution in [0.2, 0.25) is 0 Å². The number of amides is 1. The van der Waals surface area contributed by atoms with Gasteiger partial charge >= 0.3 is 12.1 Å². The fraction of sp³-hybridized carbons (Fsp3) is 0.250. The number of anilines is 1. The molecule has 0 radical (unpaired) electrons. The molecule has 1 unspecified atom stereocenters. The molecule has 1 amide bonds. The lowest BCUT2D eigenvalue weighted by atomic mass is 9.94. The molecule has 0 saturated carbocycles. The van der Waals surface area contributed by atoms with Gasteiger partial charge in [-0.25, -0.2) is 4.79 Å². The number of pyridine rings is 1. The zero-order chi connectivity index (χ0) is 22.8. The number of ether oxygens (including phenoxy) is 1. The molecule has 3 rings (SSSR count). The summed E-state index contributed by atoms with van der Waals surface area (Å²) in [5.41, 5.74) is 1.07. The van der Waals surface area contributed by atoms with E-state index in [-0.39, 0.29) is 11.5 Å². The molecule has 0 spiro atoms. The molecule has 2 N–H and O–H groups in total. The average molecular weight is 420 g/mol. The van der Waals surface area contributed by atoms with Gasteiger partial charge in [0.15, 0.2) is 0 Å². The number of hydrogen-bond donors (Lipinski definition) is 2.